The summed E-state index contributed by atoms with van der Waals surface area (Å²) in [4.78, 5) is 4.13. The van der Waals surface area contributed by atoms with Crippen molar-refractivity contribution in [2.75, 3.05) is 0 Å². The molecule has 0 fully saturated rings. The summed E-state index contributed by atoms with van der Waals surface area (Å²) in [6.07, 6.45) is -4.20. The highest BCUT2D eigenvalue weighted by atomic mass is 19.4. The molecule has 0 aliphatic carbocycles. The van der Waals surface area contributed by atoms with Gasteiger partial charge < -0.3 is 10.3 Å². The van der Waals surface area contributed by atoms with Gasteiger partial charge in [0.15, 0.2) is 5.82 Å². The third-order valence-corrected chi connectivity index (χ3v) is 3.10. The molecule has 0 amide bonds. The first-order valence-corrected chi connectivity index (χ1v) is 6.51. The lowest BCUT2D eigenvalue weighted by molar-refractivity contribution is -0.137. The minimum atomic E-state index is -4.36. The van der Waals surface area contributed by atoms with E-state index in [-0.39, 0.29) is 18.4 Å². The Bertz CT molecular complexity index is 608. The largest absolute Gasteiger partial charge is 0.416 e. The van der Waals surface area contributed by atoms with E-state index in [0.29, 0.717) is 17.3 Å². The summed E-state index contributed by atoms with van der Waals surface area (Å²) in [5, 5.41) is 3.76. The fourth-order valence-corrected chi connectivity index (χ4v) is 1.80. The highest BCUT2D eigenvalue weighted by Crippen LogP contribution is 2.29. The van der Waals surface area contributed by atoms with E-state index in [9.17, 15) is 13.2 Å². The summed E-state index contributed by atoms with van der Waals surface area (Å²) in [6, 6.07) is 4.68. The first-order valence-electron chi connectivity index (χ1n) is 6.51. The van der Waals surface area contributed by atoms with E-state index in [0.717, 1.165) is 12.1 Å². The summed E-state index contributed by atoms with van der Waals surface area (Å²) in [5.41, 5.74) is 5.66. The highest BCUT2D eigenvalue weighted by Gasteiger charge is 2.30. The van der Waals surface area contributed by atoms with Gasteiger partial charge in [0.05, 0.1) is 11.6 Å². The molecule has 0 aliphatic heterocycles. The monoisotopic (exact) mass is 299 g/mol. The van der Waals surface area contributed by atoms with Crippen LogP contribution in [0.15, 0.2) is 28.8 Å². The number of nitrogens with zero attached hydrogens (tertiary/aromatic N) is 2. The van der Waals surface area contributed by atoms with Gasteiger partial charge in [-0.2, -0.15) is 18.2 Å². The second-order valence-electron chi connectivity index (χ2n) is 5.19. The smallest absolute Gasteiger partial charge is 0.338 e. The molecule has 0 unspecified atom stereocenters. The van der Waals surface area contributed by atoms with Crippen LogP contribution in [0.1, 0.15) is 42.7 Å². The van der Waals surface area contributed by atoms with Gasteiger partial charge in [0.1, 0.15) is 0 Å². The molecule has 1 heterocycles. The third-order valence-electron chi connectivity index (χ3n) is 3.10. The number of alkyl halides is 3. The minimum absolute atomic E-state index is 0.131. The summed E-state index contributed by atoms with van der Waals surface area (Å²) in [7, 11) is 0. The average molecular weight is 299 g/mol. The van der Waals surface area contributed by atoms with E-state index in [2.05, 4.69) is 10.1 Å². The Labute approximate surface area is 120 Å². The van der Waals surface area contributed by atoms with Crippen LogP contribution in [0, 0.1) is 5.92 Å². The molecular weight excluding hydrogens is 283 g/mol. The van der Waals surface area contributed by atoms with E-state index >= 15 is 0 Å². The van der Waals surface area contributed by atoms with Gasteiger partial charge in [-0.15, -0.1) is 0 Å². The van der Waals surface area contributed by atoms with Crippen LogP contribution in [-0.2, 0) is 12.6 Å². The van der Waals surface area contributed by atoms with Crippen molar-refractivity contribution in [3.63, 3.8) is 0 Å². The maximum Gasteiger partial charge on any atom is 0.416 e. The molecule has 114 valence electrons. The number of halogens is 3. The van der Waals surface area contributed by atoms with Crippen molar-refractivity contribution in [1.29, 1.82) is 0 Å². The zero-order valence-electron chi connectivity index (χ0n) is 11.7. The van der Waals surface area contributed by atoms with Gasteiger partial charge in [-0.25, -0.2) is 0 Å². The van der Waals surface area contributed by atoms with Crippen molar-refractivity contribution in [3.8, 4) is 0 Å². The van der Waals surface area contributed by atoms with Crippen LogP contribution >= 0.6 is 0 Å². The Hall–Kier alpha value is -1.89. The van der Waals surface area contributed by atoms with Crippen LogP contribution in [-0.4, -0.2) is 10.1 Å². The van der Waals surface area contributed by atoms with Crippen LogP contribution in [0.5, 0.6) is 0 Å². The molecule has 0 saturated heterocycles. The number of nitrogens with two attached hydrogens (primary N) is 1. The maximum absolute atomic E-state index is 12.6. The predicted octanol–water partition coefficient (Wildman–Crippen LogP) is 3.34. The molecule has 1 atom stereocenters. The Balaban J connectivity index is 2.16. The van der Waals surface area contributed by atoms with Crippen molar-refractivity contribution in [3.05, 3.63) is 47.1 Å². The molecule has 0 saturated carbocycles. The molecule has 1 aromatic carbocycles. The molecular formula is C14H16F3N3O. The first kappa shape index (κ1) is 15.5. The van der Waals surface area contributed by atoms with Crippen molar-refractivity contribution in [2.45, 2.75) is 32.5 Å². The minimum Gasteiger partial charge on any atom is -0.338 e. The molecule has 2 rings (SSSR count). The fraction of sp³-hybridized carbons (Fsp3) is 0.429. The second-order valence-corrected chi connectivity index (χ2v) is 5.19. The third kappa shape index (κ3) is 3.81. The Kier molecular flexibility index (Phi) is 4.32. The Morgan fingerprint density at radius 1 is 1.29 bits per heavy atom. The van der Waals surface area contributed by atoms with Crippen LogP contribution in [0.2, 0.25) is 0 Å². The van der Waals surface area contributed by atoms with Crippen LogP contribution in [0.25, 0.3) is 0 Å². The summed E-state index contributed by atoms with van der Waals surface area (Å²) >= 11 is 0. The second kappa shape index (κ2) is 5.85. The molecule has 1 aromatic heterocycles. The maximum atomic E-state index is 12.6. The summed E-state index contributed by atoms with van der Waals surface area (Å²) in [6.45, 7) is 3.84. The van der Waals surface area contributed by atoms with E-state index < -0.39 is 11.7 Å². The van der Waals surface area contributed by atoms with Crippen LogP contribution < -0.4 is 5.73 Å². The summed E-state index contributed by atoms with van der Waals surface area (Å²) in [5.74, 6) is 0.749. The Morgan fingerprint density at radius 2 is 2.00 bits per heavy atom. The lowest BCUT2D eigenvalue weighted by Crippen LogP contribution is -2.17. The number of hydrogen-bond acceptors (Lipinski definition) is 4. The topological polar surface area (TPSA) is 64.9 Å². The average Bonchev–Trinajstić information content (AvgIpc) is 2.85. The quantitative estimate of drug-likeness (QED) is 0.940. The lowest BCUT2D eigenvalue weighted by Gasteiger charge is -2.09. The van der Waals surface area contributed by atoms with Crippen LogP contribution in [0.4, 0.5) is 13.2 Å². The van der Waals surface area contributed by atoms with Gasteiger partial charge in [0, 0.05) is 6.42 Å². The van der Waals surface area contributed by atoms with E-state index in [1.165, 1.54) is 6.07 Å². The number of benzene rings is 1. The number of aromatic nitrogens is 2. The molecule has 7 heteroatoms. The standard InChI is InChI=1S/C14H16F3N3O/c1-8(2)12(18)13-19-11(20-21-13)7-9-4-3-5-10(6-9)14(15,16)17/h3-6,8,12H,7,18H2,1-2H3/t12-/m0/s1. The molecule has 4 nitrogen and oxygen atoms in total. The fourth-order valence-electron chi connectivity index (χ4n) is 1.80. The van der Waals surface area contributed by atoms with Crippen molar-refractivity contribution < 1.29 is 17.7 Å². The van der Waals surface area contributed by atoms with Crippen LogP contribution in [0.3, 0.4) is 0 Å². The van der Waals surface area contributed by atoms with Gasteiger partial charge in [-0.05, 0) is 17.5 Å². The van der Waals surface area contributed by atoms with Gasteiger partial charge in [-0.3, -0.25) is 0 Å². The van der Waals surface area contributed by atoms with Gasteiger partial charge in [0.25, 0.3) is 0 Å². The SMILES string of the molecule is CC(C)[C@H](N)c1nc(Cc2cccc(C(F)(F)F)c2)no1. The van der Waals surface area contributed by atoms with Gasteiger partial charge >= 0.3 is 6.18 Å². The predicted molar refractivity (Wildman–Crippen MR) is 70.3 cm³/mol. The van der Waals surface area contributed by atoms with E-state index in [1.54, 1.807) is 6.07 Å². The van der Waals surface area contributed by atoms with E-state index in [1.807, 2.05) is 13.8 Å². The number of rotatable bonds is 4. The molecule has 21 heavy (non-hydrogen) atoms. The van der Waals surface area contributed by atoms with Crippen molar-refractivity contribution in [1.82, 2.24) is 10.1 Å². The lowest BCUT2D eigenvalue weighted by atomic mass is 10.1. The van der Waals surface area contributed by atoms with Crippen molar-refractivity contribution in [2.24, 2.45) is 11.7 Å². The zero-order valence-corrected chi connectivity index (χ0v) is 11.7. The Morgan fingerprint density at radius 3 is 2.62 bits per heavy atom. The normalized spacial score (nSPS) is 13.7. The molecule has 2 N–H and O–H groups in total. The van der Waals surface area contributed by atoms with Gasteiger partial charge in [-0.1, -0.05) is 37.2 Å². The first-order chi connectivity index (χ1) is 9.77. The molecule has 0 spiro atoms. The van der Waals surface area contributed by atoms with Crippen molar-refractivity contribution >= 4 is 0 Å². The number of hydrogen-bond donors (Lipinski definition) is 1. The molecule has 0 bridgehead atoms. The van der Waals surface area contributed by atoms with E-state index in [4.69, 9.17) is 10.3 Å². The summed E-state index contributed by atoms with van der Waals surface area (Å²) < 4.78 is 43.0. The molecule has 0 aliphatic rings. The van der Waals surface area contributed by atoms with Gasteiger partial charge in [0.2, 0.25) is 5.89 Å². The highest BCUT2D eigenvalue weighted by molar-refractivity contribution is 5.27. The zero-order chi connectivity index (χ0) is 15.6. The molecule has 2 aromatic rings. The molecule has 0 radical (unpaired) electrons.